The molecule has 0 aliphatic carbocycles. The Hall–Kier alpha value is -1.06. The SMILES string of the molecule is CCC1CCN(C(=O)c2ccc(CN)cc2)CC1.Cl. The zero-order valence-corrected chi connectivity index (χ0v) is 12.3. The number of amides is 1. The van der Waals surface area contributed by atoms with Crippen molar-refractivity contribution in [2.75, 3.05) is 13.1 Å². The van der Waals surface area contributed by atoms with Crippen LogP contribution in [-0.4, -0.2) is 23.9 Å². The van der Waals surface area contributed by atoms with E-state index in [1.807, 2.05) is 29.2 Å². The highest BCUT2D eigenvalue weighted by atomic mass is 35.5. The quantitative estimate of drug-likeness (QED) is 0.927. The Kier molecular flexibility index (Phi) is 6.32. The molecule has 0 spiro atoms. The molecule has 1 fully saturated rings. The van der Waals surface area contributed by atoms with Gasteiger partial charge in [0.1, 0.15) is 0 Å². The third-order valence-corrected chi connectivity index (χ3v) is 3.92. The molecule has 1 amide bonds. The molecule has 1 aliphatic rings. The van der Waals surface area contributed by atoms with Gasteiger partial charge in [-0.3, -0.25) is 4.79 Å². The van der Waals surface area contributed by atoms with E-state index >= 15 is 0 Å². The van der Waals surface area contributed by atoms with Crippen molar-refractivity contribution in [3.05, 3.63) is 35.4 Å². The largest absolute Gasteiger partial charge is 0.339 e. The van der Waals surface area contributed by atoms with Crippen LogP contribution < -0.4 is 5.73 Å². The Balaban J connectivity index is 0.00000180. The molecule has 0 bridgehead atoms. The molecular formula is C15H23ClN2O. The minimum absolute atomic E-state index is 0. The molecule has 1 saturated heterocycles. The minimum Gasteiger partial charge on any atom is -0.339 e. The van der Waals surface area contributed by atoms with Gasteiger partial charge in [-0.05, 0) is 36.5 Å². The van der Waals surface area contributed by atoms with Crippen molar-refractivity contribution < 1.29 is 4.79 Å². The lowest BCUT2D eigenvalue weighted by Crippen LogP contribution is -2.38. The number of nitrogens with zero attached hydrogens (tertiary/aromatic N) is 1. The van der Waals surface area contributed by atoms with Crippen LogP contribution in [0.15, 0.2) is 24.3 Å². The van der Waals surface area contributed by atoms with Gasteiger partial charge in [0.15, 0.2) is 0 Å². The Bertz CT molecular complexity index is 397. The number of benzene rings is 1. The first-order valence-electron chi connectivity index (χ1n) is 6.83. The van der Waals surface area contributed by atoms with Gasteiger partial charge >= 0.3 is 0 Å². The number of likely N-dealkylation sites (tertiary alicyclic amines) is 1. The molecule has 2 N–H and O–H groups in total. The van der Waals surface area contributed by atoms with Gasteiger partial charge in [0.25, 0.3) is 5.91 Å². The van der Waals surface area contributed by atoms with Gasteiger partial charge in [0.2, 0.25) is 0 Å². The van der Waals surface area contributed by atoms with Gasteiger partial charge in [-0.2, -0.15) is 0 Å². The predicted molar refractivity (Wildman–Crippen MR) is 80.5 cm³/mol. The molecule has 3 nitrogen and oxygen atoms in total. The number of hydrogen-bond donors (Lipinski definition) is 1. The molecule has 106 valence electrons. The monoisotopic (exact) mass is 282 g/mol. The molecule has 1 heterocycles. The van der Waals surface area contributed by atoms with Gasteiger partial charge in [-0.1, -0.05) is 25.5 Å². The average Bonchev–Trinajstić information content (AvgIpc) is 2.47. The van der Waals surface area contributed by atoms with Gasteiger partial charge < -0.3 is 10.6 Å². The van der Waals surface area contributed by atoms with Crippen molar-refractivity contribution in [3.8, 4) is 0 Å². The van der Waals surface area contributed by atoms with Crippen LogP contribution in [0.2, 0.25) is 0 Å². The lowest BCUT2D eigenvalue weighted by molar-refractivity contribution is 0.0689. The van der Waals surface area contributed by atoms with Crippen molar-refractivity contribution in [2.24, 2.45) is 11.7 Å². The topological polar surface area (TPSA) is 46.3 Å². The Morgan fingerprint density at radius 3 is 2.32 bits per heavy atom. The van der Waals surface area contributed by atoms with E-state index in [4.69, 9.17) is 5.73 Å². The maximum Gasteiger partial charge on any atom is 0.253 e. The highest BCUT2D eigenvalue weighted by molar-refractivity contribution is 5.94. The third-order valence-electron chi connectivity index (χ3n) is 3.92. The van der Waals surface area contributed by atoms with Crippen LogP contribution >= 0.6 is 12.4 Å². The lowest BCUT2D eigenvalue weighted by atomic mass is 9.94. The van der Waals surface area contributed by atoms with Crippen LogP contribution in [0.4, 0.5) is 0 Å². The van der Waals surface area contributed by atoms with Crippen LogP contribution in [0.3, 0.4) is 0 Å². The van der Waals surface area contributed by atoms with Crippen molar-refractivity contribution >= 4 is 18.3 Å². The van der Waals surface area contributed by atoms with Crippen LogP contribution in [0.1, 0.15) is 42.1 Å². The fourth-order valence-corrected chi connectivity index (χ4v) is 2.51. The number of halogens is 1. The van der Waals surface area contributed by atoms with Gasteiger partial charge in [0, 0.05) is 25.2 Å². The molecule has 1 aromatic rings. The molecule has 0 unspecified atom stereocenters. The van der Waals surface area contributed by atoms with E-state index in [2.05, 4.69) is 6.92 Å². The van der Waals surface area contributed by atoms with Crippen LogP contribution in [0.5, 0.6) is 0 Å². The molecule has 2 rings (SSSR count). The Labute approximate surface area is 121 Å². The second-order valence-corrected chi connectivity index (χ2v) is 5.04. The van der Waals surface area contributed by atoms with Crippen LogP contribution in [0, 0.1) is 5.92 Å². The fourth-order valence-electron chi connectivity index (χ4n) is 2.51. The minimum atomic E-state index is 0. The number of piperidine rings is 1. The smallest absolute Gasteiger partial charge is 0.253 e. The van der Waals surface area contributed by atoms with E-state index in [0.29, 0.717) is 6.54 Å². The molecule has 1 aliphatic heterocycles. The highest BCUT2D eigenvalue weighted by Gasteiger charge is 2.22. The predicted octanol–water partition coefficient (Wildman–Crippen LogP) is 2.83. The number of carbonyl (C=O) groups excluding carboxylic acids is 1. The molecule has 0 radical (unpaired) electrons. The normalized spacial score (nSPS) is 16.0. The first kappa shape index (κ1) is 16.0. The second kappa shape index (κ2) is 7.51. The molecule has 0 atom stereocenters. The summed E-state index contributed by atoms with van der Waals surface area (Å²) in [4.78, 5) is 14.3. The lowest BCUT2D eigenvalue weighted by Gasteiger charge is -2.31. The van der Waals surface area contributed by atoms with Crippen molar-refractivity contribution in [1.29, 1.82) is 0 Å². The number of nitrogens with two attached hydrogens (primary N) is 1. The Morgan fingerprint density at radius 1 is 1.26 bits per heavy atom. The van der Waals surface area contributed by atoms with E-state index in [1.165, 1.54) is 6.42 Å². The molecule has 1 aromatic carbocycles. The summed E-state index contributed by atoms with van der Waals surface area (Å²) in [5, 5.41) is 0. The molecule has 4 heteroatoms. The van der Waals surface area contributed by atoms with E-state index in [9.17, 15) is 4.79 Å². The number of rotatable bonds is 3. The molecule has 0 aromatic heterocycles. The summed E-state index contributed by atoms with van der Waals surface area (Å²) in [6, 6.07) is 7.64. The summed E-state index contributed by atoms with van der Waals surface area (Å²) in [7, 11) is 0. The highest BCUT2D eigenvalue weighted by Crippen LogP contribution is 2.21. The summed E-state index contributed by atoms with van der Waals surface area (Å²) >= 11 is 0. The fraction of sp³-hybridized carbons (Fsp3) is 0.533. The second-order valence-electron chi connectivity index (χ2n) is 5.04. The van der Waals surface area contributed by atoms with Crippen molar-refractivity contribution in [3.63, 3.8) is 0 Å². The van der Waals surface area contributed by atoms with Gasteiger partial charge in [0.05, 0.1) is 0 Å². The molecule has 19 heavy (non-hydrogen) atoms. The molecule has 0 saturated carbocycles. The van der Waals surface area contributed by atoms with Gasteiger partial charge in [-0.25, -0.2) is 0 Å². The van der Waals surface area contributed by atoms with Crippen molar-refractivity contribution in [2.45, 2.75) is 32.7 Å². The van der Waals surface area contributed by atoms with Crippen LogP contribution in [-0.2, 0) is 6.54 Å². The summed E-state index contributed by atoms with van der Waals surface area (Å²) < 4.78 is 0. The summed E-state index contributed by atoms with van der Waals surface area (Å²) in [6.45, 7) is 4.55. The van der Waals surface area contributed by atoms with E-state index < -0.39 is 0 Å². The first-order valence-corrected chi connectivity index (χ1v) is 6.83. The summed E-state index contributed by atoms with van der Waals surface area (Å²) in [5.41, 5.74) is 7.40. The average molecular weight is 283 g/mol. The van der Waals surface area contributed by atoms with Crippen LogP contribution in [0.25, 0.3) is 0 Å². The maximum absolute atomic E-state index is 12.3. The number of carbonyl (C=O) groups is 1. The zero-order chi connectivity index (χ0) is 13.0. The standard InChI is InChI=1S/C15H22N2O.ClH/c1-2-12-7-9-17(10-8-12)15(18)14-5-3-13(11-16)4-6-14;/h3-6,12H,2,7-11,16H2,1H3;1H. The number of hydrogen-bond acceptors (Lipinski definition) is 2. The van der Waals surface area contributed by atoms with E-state index in [0.717, 1.165) is 43.0 Å². The van der Waals surface area contributed by atoms with E-state index in [1.54, 1.807) is 0 Å². The van der Waals surface area contributed by atoms with Gasteiger partial charge in [-0.15, -0.1) is 12.4 Å². The molecular weight excluding hydrogens is 260 g/mol. The van der Waals surface area contributed by atoms with Crippen molar-refractivity contribution in [1.82, 2.24) is 4.90 Å². The first-order chi connectivity index (χ1) is 8.74. The summed E-state index contributed by atoms with van der Waals surface area (Å²) in [5.74, 6) is 0.960. The Morgan fingerprint density at radius 2 is 1.84 bits per heavy atom. The maximum atomic E-state index is 12.3. The van der Waals surface area contributed by atoms with E-state index in [-0.39, 0.29) is 18.3 Å². The zero-order valence-electron chi connectivity index (χ0n) is 11.5. The summed E-state index contributed by atoms with van der Waals surface area (Å²) in [6.07, 6.45) is 3.51. The third kappa shape index (κ3) is 3.95.